The van der Waals surface area contributed by atoms with E-state index in [9.17, 15) is 0 Å². The second kappa shape index (κ2) is 9.48. The maximum absolute atomic E-state index is 4.16. The van der Waals surface area contributed by atoms with Crippen LogP contribution >= 0.6 is 15.9 Å². The zero-order valence-corrected chi connectivity index (χ0v) is 16.4. The molecule has 5 heteroatoms. The van der Waals surface area contributed by atoms with E-state index in [4.69, 9.17) is 0 Å². The highest BCUT2D eigenvalue weighted by molar-refractivity contribution is 9.10. The summed E-state index contributed by atoms with van der Waals surface area (Å²) in [6, 6.07) is 16.5. The second-order valence-corrected chi connectivity index (χ2v) is 7.09. The number of benzene rings is 2. The molecule has 0 aliphatic heterocycles. The van der Waals surface area contributed by atoms with Crippen LogP contribution in [0.25, 0.3) is 16.8 Å². The van der Waals surface area contributed by atoms with Crippen LogP contribution < -0.4 is 16.2 Å². The molecule has 0 amide bonds. The van der Waals surface area contributed by atoms with Crippen molar-refractivity contribution in [3.63, 3.8) is 0 Å². The van der Waals surface area contributed by atoms with Gasteiger partial charge in [-0.3, -0.25) is 4.98 Å². The quantitative estimate of drug-likeness (QED) is 0.374. The normalized spacial score (nSPS) is 11.7. The number of nitrogens with one attached hydrogen (secondary N) is 3. The number of nitrogens with zero attached hydrogens (tertiary/aromatic N) is 1. The summed E-state index contributed by atoms with van der Waals surface area (Å²) in [7, 11) is 0. The number of pyridine rings is 1. The number of hydrazine groups is 1. The molecule has 3 rings (SSSR count). The van der Waals surface area contributed by atoms with Gasteiger partial charge in [-0.05, 0) is 36.8 Å². The summed E-state index contributed by atoms with van der Waals surface area (Å²) in [6.07, 6.45) is 5.90. The van der Waals surface area contributed by atoms with Gasteiger partial charge >= 0.3 is 0 Å². The SMILES string of the molecule is C/C(=C\c1ccc(Br)cc1)CNCCNNc1cccc2cnccc12. The summed E-state index contributed by atoms with van der Waals surface area (Å²) in [5.41, 5.74) is 10.1. The van der Waals surface area contributed by atoms with Crippen molar-refractivity contribution in [3.05, 3.63) is 76.5 Å². The molecule has 2 aromatic carbocycles. The summed E-state index contributed by atoms with van der Waals surface area (Å²) in [4.78, 5) is 4.16. The molecule has 0 aliphatic rings. The Hall–Kier alpha value is -2.21. The van der Waals surface area contributed by atoms with Crippen LogP contribution in [0.15, 0.2) is 71.0 Å². The Morgan fingerprint density at radius 2 is 1.92 bits per heavy atom. The van der Waals surface area contributed by atoms with Crippen molar-refractivity contribution in [3.8, 4) is 0 Å². The van der Waals surface area contributed by atoms with Gasteiger partial charge in [-0.1, -0.05) is 51.8 Å². The fraction of sp³-hybridized carbons (Fsp3) is 0.190. The van der Waals surface area contributed by atoms with E-state index in [1.807, 2.05) is 24.5 Å². The number of hydrogen-bond donors (Lipinski definition) is 3. The highest BCUT2D eigenvalue weighted by Crippen LogP contribution is 2.21. The Labute approximate surface area is 162 Å². The Morgan fingerprint density at radius 3 is 2.77 bits per heavy atom. The van der Waals surface area contributed by atoms with Crippen molar-refractivity contribution in [1.82, 2.24) is 15.7 Å². The summed E-state index contributed by atoms with van der Waals surface area (Å²) in [5.74, 6) is 0. The van der Waals surface area contributed by atoms with Crippen LogP contribution in [-0.4, -0.2) is 24.6 Å². The maximum atomic E-state index is 4.16. The molecule has 4 nitrogen and oxygen atoms in total. The van der Waals surface area contributed by atoms with Gasteiger partial charge in [0.05, 0.1) is 5.69 Å². The van der Waals surface area contributed by atoms with E-state index in [0.29, 0.717) is 0 Å². The third-order valence-electron chi connectivity index (χ3n) is 4.02. The predicted octanol–water partition coefficient (Wildman–Crippen LogP) is 4.61. The lowest BCUT2D eigenvalue weighted by Crippen LogP contribution is -2.31. The molecule has 26 heavy (non-hydrogen) atoms. The van der Waals surface area contributed by atoms with Crippen molar-refractivity contribution in [2.75, 3.05) is 25.1 Å². The Balaban J connectivity index is 1.39. The van der Waals surface area contributed by atoms with E-state index in [1.54, 1.807) is 0 Å². The fourth-order valence-corrected chi connectivity index (χ4v) is 2.98. The molecule has 0 radical (unpaired) electrons. The highest BCUT2D eigenvalue weighted by atomic mass is 79.9. The van der Waals surface area contributed by atoms with E-state index < -0.39 is 0 Å². The van der Waals surface area contributed by atoms with Crippen LogP contribution in [-0.2, 0) is 0 Å². The molecule has 0 bridgehead atoms. The van der Waals surface area contributed by atoms with Crippen LogP contribution in [0.3, 0.4) is 0 Å². The smallest absolute Gasteiger partial charge is 0.0567 e. The lowest BCUT2D eigenvalue weighted by atomic mass is 10.1. The Morgan fingerprint density at radius 1 is 1.08 bits per heavy atom. The van der Waals surface area contributed by atoms with Gasteiger partial charge in [0.25, 0.3) is 0 Å². The van der Waals surface area contributed by atoms with Gasteiger partial charge in [0.2, 0.25) is 0 Å². The average molecular weight is 411 g/mol. The minimum Gasteiger partial charge on any atom is -0.321 e. The van der Waals surface area contributed by atoms with Gasteiger partial charge in [-0.15, -0.1) is 0 Å². The summed E-state index contributed by atoms with van der Waals surface area (Å²) < 4.78 is 1.10. The summed E-state index contributed by atoms with van der Waals surface area (Å²) in [5, 5.41) is 5.74. The largest absolute Gasteiger partial charge is 0.321 e. The van der Waals surface area contributed by atoms with E-state index in [1.165, 1.54) is 11.1 Å². The van der Waals surface area contributed by atoms with Gasteiger partial charge in [0.15, 0.2) is 0 Å². The molecule has 1 aromatic heterocycles. The lowest BCUT2D eigenvalue weighted by molar-refractivity contribution is 0.677. The third kappa shape index (κ3) is 5.39. The van der Waals surface area contributed by atoms with Gasteiger partial charge < -0.3 is 10.7 Å². The number of halogens is 1. The molecule has 134 valence electrons. The number of rotatable bonds is 8. The van der Waals surface area contributed by atoms with E-state index >= 15 is 0 Å². The predicted molar refractivity (Wildman–Crippen MR) is 114 cm³/mol. The van der Waals surface area contributed by atoms with Crippen LogP contribution in [0.4, 0.5) is 5.69 Å². The molecule has 1 heterocycles. The Bertz CT molecular complexity index is 869. The molecule has 0 fully saturated rings. The zero-order valence-electron chi connectivity index (χ0n) is 14.8. The molecular weight excluding hydrogens is 388 g/mol. The topological polar surface area (TPSA) is 49.0 Å². The lowest BCUT2D eigenvalue weighted by Gasteiger charge is -2.11. The number of fused-ring (bicyclic) bond motifs is 1. The standard InChI is InChI=1S/C21H23BrN4/c1-16(13-17-5-7-19(22)8-6-17)14-24-11-12-25-26-21-4-2-3-18-15-23-10-9-20(18)21/h2-10,13,15,24-26H,11-12,14H2,1H3/b16-13+. The first kappa shape index (κ1) is 18.6. The van der Waals surface area contributed by atoms with Crippen LogP contribution in [0, 0.1) is 0 Å². The minimum absolute atomic E-state index is 0.826. The third-order valence-corrected chi connectivity index (χ3v) is 4.55. The first-order chi connectivity index (χ1) is 12.7. The minimum atomic E-state index is 0.826. The van der Waals surface area contributed by atoms with Gasteiger partial charge in [-0.2, -0.15) is 0 Å². The fourth-order valence-electron chi connectivity index (χ4n) is 2.72. The van der Waals surface area contributed by atoms with Crippen LogP contribution in [0.2, 0.25) is 0 Å². The van der Waals surface area contributed by atoms with Crippen molar-refractivity contribution in [2.24, 2.45) is 0 Å². The molecule has 0 atom stereocenters. The highest BCUT2D eigenvalue weighted by Gasteiger charge is 1.99. The van der Waals surface area contributed by atoms with Gasteiger partial charge in [0.1, 0.15) is 0 Å². The van der Waals surface area contributed by atoms with E-state index in [2.05, 4.69) is 86.5 Å². The Kier molecular flexibility index (Phi) is 6.77. The summed E-state index contributed by atoms with van der Waals surface area (Å²) >= 11 is 3.46. The zero-order chi connectivity index (χ0) is 18.2. The van der Waals surface area contributed by atoms with Crippen molar-refractivity contribution >= 4 is 38.5 Å². The summed E-state index contributed by atoms with van der Waals surface area (Å²) in [6.45, 7) is 4.72. The average Bonchev–Trinajstić information content (AvgIpc) is 2.66. The molecule has 0 aliphatic carbocycles. The molecule has 3 N–H and O–H groups in total. The molecule has 0 unspecified atom stereocenters. The maximum Gasteiger partial charge on any atom is 0.0567 e. The van der Waals surface area contributed by atoms with Crippen molar-refractivity contribution < 1.29 is 0 Å². The first-order valence-corrected chi connectivity index (χ1v) is 9.47. The van der Waals surface area contributed by atoms with Gasteiger partial charge in [0, 0.05) is 47.3 Å². The molecule has 0 saturated heterocycles. The first-order valence-electron chi connectivity index (χ1n) is 8.67. The molecule has 0 spiro atoms. The van der Waals surface area contributed by atoms with Crippen LogP contribution in [0.5, 0.6) is 0 Å². The van der Waals surface area contributed by atoms with Gasteiger partial charge in [-0.25, -0.2) is 5.43 Å². The second-order valence-electron chi connectivity index (χ2n) is 6.17. The molecular formula is C21H23BrN4. The number of anilines is 1. The van der Waals surface area contributed by atoms with E-state index in [0.717, 1.165) is 40.6 Å². The molecule has 0 saturated carbocycles. The molecule has 3 aromatic rings. The number of hydrogen-bond acceptors (Lipinski definition) is 4. The number of aromatic nitrogens is 1. The monoisotopic (exact) mass is 410 g/mol. The van der Waals surface area contributed by atoms with Crippen LogP contribution in [0.1, 0.15) is 12.5 Å². The van der Waals surface area contributed by atoms with Crippen molar-refractivity contribution in [2.45, 2.75) is 6.92 Å². The van der Waals surface area contributed by atoms with E-state index in [-0.39, 0.29) is 0 Å². The van der Waals surface area contributed by atoms with Crippen molar-refractivity contribution in [1.29, 1.82) is 0 Å².